The van der Waals surface area contributed by atoms with Gasteiger partial charge in [0.05, 0.1) is 24.4 Å². The van der Waals surface area contributed by atoms with Gasteiger partial charge in [-0.3, -0.25) is 0 Å². The van der Waals surface area contributed by atoms with Crippen molar-refractivity contribution in [2.24, 2.45) is 0 Å². The summed E-state index contributed by atoms with van der Waals surface area (Å²) in [5.41, 5.74) is 3.93. The number of halogens is 1. The lowest BCUT2D eigenvalue weighted by molar-refractivity contribution is -0.169. The number of ether oxygens (including phenoxy) is 1. The summed E-state index contributed by atoms with van der Waals surface area (Å²) >= 11 is 6.44. The van der Waals surface area contributed by atoms with E-state index in [2.05, 4.69) is 37.3 Å². The van der Waals surface area contributed by atoms with Crippen molar-refractivity contribution in [1.82, 2.24) is 0 Å². The number of aliphatic hydroxyl groups is 2. The van der Waals surface area contributed by atoms with E-state index in [0.717, 1.165) is 29.0 Å². The third-order valence-electron chi connectivity index (χ3n) is 5.27. The number of rotatable bonds is 5. The van der Waals surface area contributed by atoms with Crippen LogP contribution < -0.4 is 0 Å². The maximum atomic E-state index is 10.2. The van der Waals surface area contributed by atoms with Gasteiger partial charge in [0.2, 0.25) is 0 Å². The zero-order chi connectivity index (χ0) is 18.7. The molecular weight excluding hydrogens is 348 g/mol. The molecule has 0 saturated carbocycles. The van der Waals surface area contributed by atoms with Gasteiger partial charge in [0, 0.05) is 17.9 Å². The van der Waals surface area contributed by atoms with Crippen molar-refractivity contribution >= 4 is 11.6 Å². The average molecular weight is 375 g/mol. The Morgan fingerprint density at radius 1 is 1.15 bits per heavy atom. The third-order valence-corrected chi connectivity index (χ3v) is 5.64. The monoisotopic (exact) mass is 374 g/mol. The number of aliphatic hydroxyl groups excluding tert-OH is 2. The van der Waals surface area contributed by atoms with Gasteiger partial charge < -0.3 is 14.9 Å². The summed E-state index contributed by atoms with van der Waals surface area (Å²) in [6.07, 6.45) is 1.93. The van der Waals surface area contributed by atoms with Gasteiger partial charge in [0.25, 0.3) is 0 Å². The highest BCUT2D eigenvalue weighted by molar-refractivity contribution is 6.31. The van der Waals surface area contributed by atoms with Gasteiger partial charge in [-0.2, -0.15) is 0 Å². The maximum absolute atomic E-state index is 10.2. The highest BCUT2D eigenvalue weighted by Crippen LogP contribution is 2.39. The highest BCUT2D eigenvalue weighted by atomic mass is 35.5. The zero-order valence-electron chi connectivity index (χ0n) is 15.4. The van der Waals surface area contributed by atoms with Crippen LogP contribution in [0.15, 0.2) is 42.5 Å². The first-order chi connectivity index (χ1) is 12.4. The van der Waals surface area contributed by atoms with Gasteiger partial charge in [-0.25, -0.2) is 0 Å². The van der Waals surface area contributed by atoms with Crippen LogP contribution in [0, 0.1) is 0 Å². The summed E-state index contributed by atoms with van der Waals surface area (Å²) < 4.78 is 6.10. The van der Waals surface area contributed by atoms with Crippen molar-refractivity contribution in [3.05, 3.63) is 69.7 Å². The van der Waals surface area contributed by atoms with E-state index in [9.17, 15) is 10.2 Å². The molecule has 2 aromatic carbocycles. The van der Waals surface area contributed by atoms with Crippen molar-refractivity contribution in [3.63, 3.8) is 0 Å². The molecule has 0 amide bonds. The second-order valence-electron chi connectivity index (χ2n) is 7.40. The number of aryl methyl sites for hydroxylation is 1. The largest absolute Gasteiger partial charge is 0.394 e. The van der Waals surface area contributed by atoms with Gasteiger partial charge in [0.1, 0.15) is 0 Å². The molecule has 26 heavy (non-hydrogen) atoms. The standard InChI is InChI=1S/C22H27ClO3/c1-3-15-4-6-16(7-5-15)10-17-11-18(8-9-21(17)23)22(2)13-19(25)12-20(14-24)26-22/h4-9,11,19-20,24-25H,3,10,12-14H2,1-2H3/t19?,20-,22+/m0/s1. The molecule has 0 aliphatic carbocycles. The molecule has 3 atom stereocenters. The molecule has 3 rings (SSSR count). The van der Waals surface area contributed by atoms with Crippen LogP contribution in [-0.2, 0) is 23.2 Å². The quantitative estimate of drug-likeness (QED) is 0.822. The molecule has 2 aromatic rings. The number of hydrogen-bond donors (Lipinski definition) is 2. The van der Waals surface area contributed by atoms with Crippen LogP contribution in [0.1, 0.15) is 48.9 Å². The molecule has 1 fully saturated rings. The SMILES string of the molecule is CCc1ccc(Cc2cc([C@@]3(C)CC(O)C[C@@H](CO)O3)ccc2Cl)cc1. The zero-order valence-corrected chi connectivity index (χ0v) is 16.2. The Morgan fingerprint density at radius 2 is 1.85 bits per heavy atom. The molecule has 1 aliphatic rings. The highest BCUT2D eigenvalue weighted by Gasteiger charge is 2.38. The fourth-order valence-electron chi connectivity index (χ4n) is 3.75. The van der Waals surface area contributed by atoms with E-state index in [4.69, 9.17) is 16.3 Å². The Kier molecular flexibility index (Phi) is 6.03. The van der Waals surface area contributed by atoms with Crippen LogP contribution in [0.2, 0.25) is 5.02 Å². The molecule has 3 nitrogen and oxygen atoms in total. The Labute approximate surface area is 160 Å². The summed E-state index contributed by atoms with van der Waals surface area (Å²) in [6, 6.07) is 14.5. The van der Waals surface area contributed by atoms with E-state index < -0.39 is 11.7 Å². The van der Waals surface area contributed by atoms with Crippen LogP contribution in [0.25, 0.3) is 0 Å². The van der Waals surface area contributed by atoms with Crippen LogP contribution >= 0.6 is 11.6 Å². The van der Waals surface area contributed by atoms with Crippen molar-refractivity contribution in [2.45, 2.75) is 57.3 Å². The normalized spacial score (nSPS) is 26.0. The molecule has 0 radical (unpaired) electrons. The molecule has 1 aliphatic heterocycles. The Bertz CT molecular complexity index is 744. The Hall–Kier alpha value is -1.39. The Balaban J connectivity index is 1.86. The molecule has 1 heterocycles. The Morgan fingerprint density at radius 3 is 2.50 bits per heavy atom. The van der Waals surface area contributed by atoms with Crippen LogP contribution in [-0.4, -0.2) is 29.0 Å². The minimum Gasteiger partial charge on any atom is -0.394 e. The molecule has 2 N–H and O–H groups in total. The number of benzene rings is 2. The predicted molar refractivity (Wildman–Crippen MR) is 105 cm³/mol. The lowest BCUT2D eigenvalue weighted by Gasteiger charge is -2.41. The van der Waals surface area contributed by atoms with E-state index in [1.54, 1.807) is 0 Å². The van der Waals surface area contributed by atoms with Gasteiger partial charge in [-0.05, 0) is 48.1 Å². The fourth-order valence-corrected chi connectivity index (χ4v) is 3.93. The van der Waals surface area contributed by atoms with Crippen molar-refractivity contribution in [3.8, 4) is 0 Å². The first-order valence-corrected chi connectivity index (χ1v) is 9.64. The van der Waals surface area contributed by atoms with E-state index >= 15 is 0 Å². The second-order valence-corrected chi connectivity index (χ2v) is 7.81. The van der Waals surface area contributed by atoms with E-state index in [1.807, 2.05) is 19.1 Å². The van der Waals surface area contributed by atoms with Gasteiger partial charge in [-0.1, -0.05) is 54.9 Å². The second kappa shape index (κ2) is 8.10. The number of hydrogen-bond acceptors (Lipinski definition) is 3. The summed E-state index contributed by atoms with van der Waals surface area (Å²) in [5, 5.41) is 20.4. The van der Waals surface area contributed by atoms with Crippen molar-refractivity contribution in [2.75, 3.05) is 6.61 Å². The van der Waals surface area contributed by atoms with Gasteiger partial charge in [0.15, 0.2) is 0 Å². The van der Waals surface area contributed by atoms with Crippen LogP contribution in [0.5, 0.6) is 0 Å². The summed E-state index contributed by atoms with van der Waals surface area (Å²) in [6.45, 7) is 4.03. The van der Waals surface area contributed by atoms with Gasteiger partial charge in [-0.15, -0.1) is 0 Å². The summed E-state index contributed by atoms with van der Waals surface area (Å²) in [5.74, 6) is 0. The molecule has 1 unspecified atom stereocenters. The molecule has 0 aromatic heterocycles. The lowest BCUT2D eigenvalue weighted by atomic mass is 9.84. The summed E-state index contributed by atoms with van der Waals surface area (Å²) in [4.78, 5) is 0. The molecular formula is C22H27ClO3. The lowest BCUT2D eigenvalue weighted by Crippen LogP contribution is -2.43. The van der Waals surface area contributed by atoms with Crippen molar-refractivity contribution < 1.29 is 14.9 Å². The molecule has 0 spiro atoms. The first-order valence-electron chi connectivity index (χ1n) is 9.27. The average Bonchev–Trinajstić information content (AvgIpc) is 2.63. The van der Waals surface area contributed by atoms with E-state index in [1.165, 1.54) is 11.1 Å². The van der Waals surface area contributed by atoms with E-state index in [0.29, 0.717) is 12.8 Å². The molecule has 0 bridgehead atoms. The molecule has 4 heteroatoms. The van der Waals surface area contributed by atoms with E-state index in [-0.39, 0.29) is 12.7 Å². The van der Waals surface area contributed by atoms with Crippen LogP contribution in [0.4, 0.5) is 0 Å². The van der Waals surface area contributed by atoms with Gasteiger partial charge >= 0.3 is 0 Å². The third kappa shape index (κ3) is 4.29. The smallest absolute Gasteiger partial charge is 0.0932 e. The van der Waals surface area contributed by atoms with Crippen LogP contribution in [0.3, 0.4) is 0 Å². The first kappa shape index (κ1) is 19.4. The maximum Gasteiger partial charge on any atom is 0.0932 e. The van der Waals surface area contributed by atoms with Crippen molar-refractivity contribution in [1.29, 1.82) is 0 Å². The minimum absolute atomic E-state index is 0.0864. The summed E-state index contributed by atoms with van der Waals surface area (Å²) in [7, 11) is 0. The fraction of sp³-hybridized carbons (Fsp3) is 0.455. The topological polar surface area (TPSA) is 49.7 Å². The predicted octanol–water partition coefficient (Wildman–Crippen LogP) is 4.24. The minimum atomic E-state index is -0.629. The molecule has 140 valence electrons. The molecule has 1 saturated heterocycles.